The van der Waals surface area contributed by atoms with Crippen molar-refractivity contribution in [3.05, 3.63) is 75.6 Å². The number of aryl methyl sites for hydroxylation is 2. The molecule has 1 heterocycles. The molecule has 0 atom stereocenters. The lowest BCUT2D eigenvalue weighted by molar-refractivity contribution is 0.0599. The molecule has 1 aromatic heterocycles. The van der Waals surface area contributed by atoms with Crippen LogP contribution in [0.2, 0.25) is 5.02 Å². The molecule has 0 fully saturated rings. The van der Waals surface area contributed by atoms with E-state index in [2.05, 4.69) is 4.98 Å². The van der Waals surface area contributed by atoms with Crippen LogP contribution in [0, 0.1) is 13.8 Å². The summed E-state index contributed by atoms with van der Waals surface area (Å²) >= 11 is 6.22. The molecule has 0 aliphatic heterocycles. The SMILES string of the molecule is COC(=O)c1c(C)nc(C)c(C(=O)OC)c1-c1ccc(OCc2ccccc2Cl)c(OC)c1. The summed E-state index contributed by atoms with van der Waals surface area (Å²) in [5.41, 5.74) is 2.94. The number of hydrogen-bond donors (Lipinski definition) is 0. The second kappa shape index (κ2) is 10.4. The number of esters is 2. The first-order chi connectivity index (χ1) is 15.8. The first-order valence-electron chi connectivity index (χ1n) is 10.0. The van der Waals surface area contributed by atoms with Crippen LogP contribution in [0.5, 0.6) is 11.5 Å². The van der Waals surface area contributed by atoms with E-state index in [0.29, 0.717) is 39.0 Å². The maximum atomic E-state index is 12.6. The summed E-state index contributed by atoms with van der Waals surface area (Å²) in [6.45, 7) is 3.61. The highest BCUT2D eigenvalue weighted by molar-refractivity contribution is 6.31. The smallest absolute Gasteiger partial charge is 0.340 e. The molecule has 0 saturated carbocycles. The van der Waals surface area contributed by atoms with Crippen molar-refractivity contribution >= 4 is 23.5 Å². The molecular formula is C25H24ClNO6. The number of methoxy groups -OCH3 is 3. The molecule has 7 nitrogen and oxygen atoms in total. The third-order valence-corrected chi connectivity index (χ3v) is 5.50. The van der Waals surface area contributed by atoms with Gasteiger partial charge in [-0.05, 0) is 37.6 Å². The summed E-state index contributed by atoms with van der Waals surface area (Å²) < 4.78 is 21.4. The van der Waals surface area contributed by atoms with Crippen molar-refractivity contribution in [3.8, 4) is 22.6 Å². The molecule has 0 amide bonds. The molecule has 172 valence electrons. The highest BCUT2D eigenvalue weighted by Crippen LogP contribution is 2.38. The predicted molar refractivity (Wildman–Crippen MR) is 124 cm³/mol. The van der Waals surface area contributed by atoms with Crippen LogP contribution in [0.1, 0.15) is 37.7 Å². The molecule has 0 bridgehead atoms. The predicted octanol–water partition coefficient (Wildman–Crippen LogP) is 5.18. The number of pyridine rings is 1. The highest BCUT2D eigenvalue weighted by Gasteiger charge is 2.28. The van der Waals surface area contributed by atoms with Crippen LogP contribution >= 0.6 is 11.6 Å². The Kier molecular flexibility index (Phi) is 7.55. The molecule has 0 aliphatic carbocycles. The molecule has 2 aromatic carbocycles. The molecule has 0 spiro atoms. The van der Waals surface area contributed by atoms with Crippen molar-refractivity contribution < 1.29 is 28.5 Å². The molecule has 3 aromatic rings. The fraction of sp³-hybridized carbons (Fsp3) is 0.240. The van der Waals surface area contributed by atoms with Gasteiger partial charge in [0.1, 0.15) is 6.61 Å². The highest BCUT2D eigenvalue weighted by atomic mass is 35.5. The fourth-order valence-electron chi connectivity index (χ4n) is 3.56. The van der Waals surface area contributed by atoms with Crippen LogP contribution in [0.4, 0.5) is 0 Å². The van der Waals surface area contributed by atoms with E-state index in [1.54, 1.807) is 38.1 Å². The van der Waals surface area contributed by atoms with Gasteiger partial charge in [-0.25, -0.2) is 9.59 Å². The Balaban J connectivity index is 2.13. The number of benzene rings is 2. The monoisotopic (exact) mass is 469 g/mol. The van der Waals surface area contributed by atoms with E-state index in [-0.39, 0.29) is 17.7 Å². The first-order valence-corrected chi connectivity index (χ1v) is 10.4. The van der Waals surface area contributed by atoms with Crippen molar-refractivity contribution in [2.45, 2.75) is 20.5 Å². The minimum atomic E-state index is -0.613. The van der Waals surface area contributed by atoms with E-state index in [0.717, 1.165) is 5.56 Å². The van der Waals surface area contributed by atoms with Gasteiger partial charge in [0, 0.05) is 16.1 Å². The summed E-state index contributed by atoms with van der Waals surface area (Å²) in [5.74, 6) is -0.336. The molecule has 0 aliphatic rings. The summed E-state index contributed by atoms with van der Waals surface area (Å²) in [6, 6.07) is 12.5. The zero-order valence-electron chi connectivity index (χ0n) is 19.0. The van der Waals surface area contributed by atoms with Crippen LogP contribution in [0.15, 0.2) is 42.5 Å². The van der Waals surface area contributed by atoms with E-state index in [1.807, 2.05) is 18.2 Å². The molecule has 8 heteroatoms. The second-order valence-corrected chi connectivity index (χ2v) is 7.54. The number of nitrogens with zero attached hydrogens (tertiary/aromatic N) is 1. The number of halogens is 1. The molecule has 3 rings (SSSR count). The van der Waals surface area contributed by atoms with Gasteiger partial charge >= 0.3 is 11.9 Å². The minimum Gasteiger partial charge on any atom is -0.493 e. The Morgan fingerprint density at radius 2 is 1.48 bits per heavy atom. The van der Waals surface area contributed by atoms with Gasteiger partial charge in [0.25, 0.3) is 0 Å². The van der Waals surface area contributed by atoms with Crippen LogP contribution in [0.3, 0.4) is 0 Å². The van der Waals surface area contributed by atoms with Gasteiger partial charge in [-0.1, -0.05) is 35.9 Å². The second-order valence-electron chi connectivity index (χ2n) is 7.14. The number of carbonyl (C=O) groups is 2. The molecule has 0 radical (unpaired) electrons. The van der Waals surface area contributed by atoms with Gasteiger partial charge < -0.3 is 18.9 Å². The normalized spacial score (nSPS) is 10.5. The van der Waals surface area contributed by atoms with Crippen molar-refractivity contribution in [3.63, 3.8) is 0 Å². The van der Waals surface area contributed by atoms with Gasteiger partial charge in [-0.2, -0.15) is 0 Å². The Bertz CT molecular complexity index is 1170. The average molecular weight is 470 g/mol. The zero-order chi connectivity index (χ0) is 24.1. The Morgan fingerprint density at radius 1 is 0.879 bits per heavy atom. The number of rotatable bonds is 7. The van der Waals surface area contributed by atoms with E-state index in [4.69, 9.17) is 30.5 Å². The van der Waals surface area contributed by atoms with Gasteiger partial charge in [0.05, 0.1) is 43.8 Å². The lowest BCUT2D eigenvalue weighted by atomic mass is 9.92. The standard InChI is InChI=1S/C25H24ClNO6/c1-14-21(24(28)31-4)23(22(15(2)27-14)25(29)32-5)16-10-11-19(20(12-16)30-3)33-13-17-8-6-7-9-18(17)26/h6-12H,13H2,1-5H3. The van der Waals surface area contributed by atoms with E-state index in [9.17, 15) is 9.59 Å². The van der Waals surface area contributed by atoms with Crippen molar-refractivity contribution in [1.29, 1.82) is 0 Å². The van der Waals surface area contributed by atoms with Crippen molar-refractivity contribution in [2.75, 3.05) is 21.3 Å². The molecular weight excluding hydrogens is 446 g/mol. The Labute approximate surface area is 197 Å². The van der Waals surface area contributed by atoms with E-state index < -0.39 is 11.9 Å². The van der Waals surface area contributed by atoms with E-state index in [1.165, 1.54) is 21.3 Å². The fourth-order valence-corrected chi connectivity index (χ4v) is 3.75. The zero-order valence-corrected chi connectivity index (χ0v) is 19.8. The van der Waals surface area contributed by atoms with Gasteiger partial charge in [0.2, 0.25) is 0 Å². The van der Waals surface area contributed by atoms with Gasteiger partial charge in [-0.3, -0.25) is 4.98 Å². The van der Waals surface area contributed by atoms with Crippen molar-refractivity contribution in [1.82, 2.24) is 4.98 Å². The topological polar surface area (TPSA) is 84.0 Å². The number of aromatic nitrogens is 1. The summed E-state index contributed by atoms with van der Waals surface area (Å²) in [4.78, 5) is 29.6. The lowest BCUT2D eigenvalue weighted by Gasteiger charge is -2.18. The van der Waals surface area contributed by atoms with Crippen LogP contribution in [0.25, 0.3) is 11.1 Å². The molecule has 0 unspecified atom stereocenters. The number of carbonyl (C=O) groups excluding carboxylic acids is 2. The third-order valence-electron chi connectivity index (χ3n) is 5.13. The van der Waals surface area contributed by atoms with E-state index >= 15 is 0 Å². The summed E-state index contributed by atoms with van der Waals surface area (Å²) in [5, 5.41) is 0.598. The van der Waals surface area contributed by atoms with Crippen molar-refractivity contribution in [2.24, 2.45) is 0 Å². The van der Waals surface area contributed by atoms with Crippen LogP contribution in [-0.2, 0) is 16.1 Å². The quantitative estimate of drug-likeness (QED) is 0.441. The maximum Gasteiger partial charge on any atom is 0.340 e. The minimum absolute atomic E-state index is 0.176. The van der Waals surface area contributed by atoms with Crippen LogP contribution in [-0.4, -0.2) is 38.3 Å². The lowest BCUT2D eigenvalue weighted by Crippen LogP contribution is -2.16. The third kappa shape index (κ3) is 4.93. The van der Waals surface area contributed by atoms with Gasteiger partial charge in [-0.15, -0.1) is 0 Å². The summed E-state index contributed by atoms with van der Waals surface area (Å²) in [7, 11) is 4.05. The average Bonchev–Trinajstić information content (AvgIpc) is 2.82. The Hall–Kier alpha value is -3.58. The molecule has 33 heavy (non-hydrogen) atoms. The Morgan fingerprint density at radius 3 is 2.03 bits per heavy atom. The summed E-state index contributed by atoms with van der Waals surface area (Å²) in [6.07, 6.45) is 0. The largest absolute Gasteiger partial charge is 0.493 e. The number of ether oxygens (including phenoxy) is 4. The maximum absolute atomic E-state index is 12.6. The van der Waals surface area contributed by atoms with Crippen LogP contribution < -0.4 is 9.47 Å². The number of hydrogen-bond acceptors (Lipinski definition) is 7. The first kappa shape index (κ1) is 24.1. The molecule has 0 saturated heterocycles. The molecule has 0 N–H and O–H groups in total. The van der Waals surface area contributed by atoms with Gasteiger partial charge in [0.15, 0.2) is 11.5 Å².